The fourth-order valence-corrected chi connectivity index (χ4v) is 3.12. The summed E-state index contributed by atoms with van der Waals surface area (Å²) in [5, 5.41) is 2.99. The number of rotatable bonds is 7. The predicted molar refractivity (Wildman–Crippen MR) is 91.8 cm³/mol. The Labute approximate surface area is 146 Å². The normalized spacial score (nSPS) is 22.2. The number of halogens is 1. The minimum absolute atomic E-state index is 0.244. The number of aliphatic imine (C=N–C) groups is 2. The Kier molecular flexibility index (Phi) is 5.47. The van der Waals surface area contributed by atoms with Crippen molar-refractivity contribution in [2.24, 2.45) is 9.98 Å². The molecule has 132 valence electrons. The van der Waals surface area contributed by atoms with Crippen molar-refractivity contribution in [1.82, 2.24) is 10.0 Å². The van der Waals surface area contributed by atoms with Crippen molar-refractivity contribution in [3.63, 3.8) is 0 Å². The van der Waals surface area contributed by atoms with Gasteiger partial charge in [-0.25, -0.2) is 9.11 Å². The first kappa shape index (κ1) is 17.6. The third kappa shape index (κ3) is 4.25. The largest absolute Gasteiger partial charge is 0.760 e. The molecule has 0 saturated carbocycles. The van der Waals surface area contributed by atoms with E-state index < -0.39 is 23.1 Å². The maximum atomic E-state index is 13.9. The predicted octanol–water partition coefficient (Wildman–Crippen LogP) is 0.662. The van der Waals surface area contributed by atoms with Gasteiger partial charge in [-0.05, 0) is 36.6 Å². The maximum Gasteiger partial charge on any atom is 0.192 e. The van der Waals surface area contributed by atoms with Crippen LogP contribution in [0.2, 0.25) is 0 Å². The lowest BCUT2D eigenvalue weighted by molar-refractivity contribution is 0.102. The summed E-state index contributed by atoms with van der Waals surface area (Å²) >= 11 is -2.31. The van der Waals surface area contributed by atoms with Crippen molar-refractivity contribution < 1.29 is 17.9 Å². The van der Waals surface area contributed by atoms with E-state index in [4.69, 9.17) is 0 Å². The van der Waals surface area contributed by atoms with Crippen LogP contribution in [-0.2, 0) is 17.7 Å². The number of Topliss-reactive ketones (excluding diaryl/α,β-unsaturated/α-hetero) is 1. The number of benzene rings is 1. The number of ketones is 1. The quantitative estimate of drug-likeness (QED) is 0.422. The third-order valence-electron chi connectivity index (χ3n) is 3.93. The Bertz CT molecular complexity index is 794. The van der Waals surface area contributed by atoms with E-state index in [0.717, 1.165) is 0 Å². The Morgan fingerprint density at radius 1 is 1.32 bits per heavy atom. The van der Waals surface area contributed by atoms with Crippen LogP contribution in [0.3, 0.4) is 0 Å². The van der Waals surface area contributed by atoms with E-state index in [0.29, 0.717) is 24.0 Å². The van der Waals surface area contributed by atoms with Gasteiger partial charge in [0.05, 0.1) is 0 Å². The molecule has 0 aromatic heterocycles. The Morgan fingerprint density at radius 2 is 2.12 bits per heavy atom. The lowest BCUT2D eigenvalue weighted by Crippen LogP contribution is -2.32. The molecule has 7 nitrogen and oxygen atoms in total. The molecule has 1 aromatic carbocycles. The second-order valence-electron chi connectivity index (χ2n) is 5.66. The van der Waals surface area contributed by atoms with E-state index in [2.05, 4.69) is 20.0 Å². The minimum atomic E-state index is -2.31. The number of nitrogens with one attached hydrogen (secondary N) is 2. The van der Waals surface area contributed by atoms with Crippen LogP contribution in [0.15, 0.2) is 40.0 Å². The smallest absolute Gasteiger partial charge is 0.192 e. The zero-order valence-electron chi connectivity index (χ0n) is 13.1. The first-order valence-electron chi connectivity index (χ1n) is 7.72. The lowest BCUT2D eigenvalue weighted by atomic mass is 9.96. The fourth-order valence-electron chi connectivity index (χ4n) is 2.81. The van der Waals surface area contributed by atoms with E-state index in [1.807, 2.05) is 0 Å². The minimum Gasteiger partial charge on any atom is -0.760 e. The van der Waals surface area contributed by atoms with Crippen LogP contribution < -0.4 is 10.0 Å². The lowest BCUT2D eigenvalue weighted by Gasteiger charge is -2.17. The maximum absolute atomic E-state index is 13.9. The van der Waals surface area contributed by atoms with Gasteiger partial charge < -0.3 is 9.87 Å². The zero-order valence-corrected chi connectivity index (χ0v) is 14.0. The van der Waals surface area contributed by atoms with Crippen LogP contribution in [0.5, 0.6) is 0 Å². The van der Waals surface area contributed by atoms with Gasteiger partial charge in [0.15, 0.2) is 5.78 Å². The van der Waals surface area contributed by atoms with Crippen LogP contribution >= 0.6 is 0 Å². The van der Waals surface area contributed by atoms with Crippen LogP contribution in [0.25, 0.3) is 0 Å². The number of hydrogen-bond donors (Lipinski definition) is 2. The van der Waals surface area contributed by atoms with Crippen LogP contribution in [0, 0.1) is 5.82 Å². The molecule has 3 atom stereocenters. The van der Waals surface area contributed by atoms with Gasteiger partial charge in [0.1, 0.15) is 18.0 Å². The number of nitrogens with zero attached hydrogens (tertiary/aromatic N) is 2. The van der Waals surface area contributed by atoms with E-state index in [1.165, 1.54) is 12.1 Å². The monoisotopic (exact) mass is 363 g/mol. The molecule has 0 amide bonds. The number of fused-ring (bicyclic) bond motifs is 1. The van der Waals surface area contributed by atoms with E-state index in [1.54, 1.807) is 24.7 Å². The van der Waals surface area contributed by atoms with Crippen molar-refractivity contribution in [3.8, 4) is 0 Å². The Morgan fingerprint density at radius 3 is 2.92 bits per heavy atom. The molecule has 3 rings (SSSR count). The Hall–Kier alpha value is -2.23. The molecule has 9 heteroatoms. The van der Waals surface area contributed by atoms with Crippen molar-refractivity contribution in [1.29, 1.82) is 0 Å². The molecular formula is C16H16FN4O3S-. The molecule has 2 heterocycles. The van der Waals surface area contributed by atoms with Crippen LogP contribution in [-0.4, -0.2) is 45.7 Å². The summed E-state index contributed by atoms with van der Waals surface area (Å²) in [7, 11) is 0. The number of carbonyl (C=O) groups is 1. The van der Waals surface area contributed by atoms with Crippen LogP contribution in [0.4, 0.5) is 4.39 Å². The summed E-state index contributed by atoms with van der Waals surface area (Å²) in [6, 6.07) is 3.77. The standard InChI is InChI=1S/C16H17FN4O3S/c17-12-7-10(2-1-3-21-25(23)24)6-11(8-12)15(22)13-9-20-16-14(13)18-4-5-19-16/h4-9,14,16,20-21H,1-3H2,(H,23,24)/p-1. The highest BCUT2D eigenvalue weighted by molar-refractivity contribution is 7.77. The third-order valence-corrected chi connectivity index (χ3v) is 4.37. The molecule has 0 aliphatic carbocycles. The SMILES string of the molecule is O=C(C1=CNC2N=CC=NC12)c1cc(F)cc(CCCNS(=O)[O-])c1. The summed E-state index contributed by atoms with van der Waals surface area (Å²) in [6.07, 6.45) is 5.34. The van der Waals surface area contributed by atoms with Crippen molar-refractivity contribution in [2.45, 2.75) is 25.0 Å². The van der Waals surface area contributed by atoms with Gasteiger partial charge in [-0.3, -0.25) is 19.0 Å². The molecule has 0 spiro atoms. The molecular weight excluding hydrogens is 347 g/mol. The number of carbonyl (C=O) groups excluding carboxylic acids is 1. The van der Waals surface area contributed by atoms with Crippen molar-refractivity contribution >= 4 is 29.5 Å². The highest BCUT2D eigenvalue weighted by Gasteiger charge is 2.34. The molecule has 2 N–H and O–H groups in total. The fraction of sp³-hybridized carbons (Fsp3) is 0.312. The second kappa shape index (κ2) is 7.77. The zero-order chi connectivity index (χ0) is 17.8. The average molecular weight is 363 g/mol. The van der Waals surface area contributed by atoms with E-state index in [-0.39, 0.29) is 24.1 Å². The number of aryl methyl sites for hydroxylation is 1. The summed E-state index contributed by atoms with van der Waals surface area (Å²) in [5.41, 5.74) is 1.32. The van der Waals surface area contributed by atoms with E-state index in [9.17, 15) is 17.9 Å². The molecule has 0 bridgehead atoms. The first-order chi connectivity index (χ1) is 12.0. The molecule has 1 aromatic rings. The second-order valence-corrected chi connectivity index (χ2v) is 6.42. The summed E-state index contributed by atoms with van der Waals surface area (Å²) < 4.78 is 37.0. The summed E-state index contributed by atoms with van der Waals surface area (Å²) in [6.45, 7) is 0.251. The summed E-state index contributed by atoms with van der Waals surface area (Å²) in [4.78, 5) is 21.2. The molecule has 2 aliphatic rings. The van der Waals surface area contributed by atoms with Gasteiger partial charge in [-0.15, -0.1) is 0 Å². The molecule has 0 saturated heterocycles. The Balaban J connectivity index is 1.71. The highest BCUT2D eigenvalue weighted by Crippen LogP contribution is 2.24. The molecule has 0 radical (unpaired) electrons. The number of hydrogen-bond acceptors (Lipinski definition) is 6. The highest BCUT2D eigenvalue weighted by atomic mass is 32.2. The van der Waals surface area contributed by atoms with Gasteiger partial charge in [0, 0.05) is 47.6 Å². The topological polar surface area (TPSA) is 106 Å². The van der Waals surface area contributed by atoms with Crippen molar-refractivity contribution in [2.75, 3.05) is 6.54 Å². The average Bonchev–Trinajstić information content (AvgIpc) is 3.01. The van der Waals surface area contributed by atoms with Gasteiger partial charge >= 0.3 is 0 Å². The van der Waals surface area contributed by atoms with Crippen molar-refractivity contribution in [3.05, 3.63) is 46.9 Å². The molecule has 3 unspecified atom stereocenters. The first-order valence-corrected chi connectivity index (χ1v) is 8.80. The molecule has 2 aliphatic heterocycles. The molecule has 25 heavy (non-hydrogen) atoms. The van der Waals surface area contributed by atoms with Gasteiger partial charge in [0.2, 0.25) is 0 Å². The van der Waals surface area contributed by atoms with Crippen LogP contribution in [0.1, 0.15) is 22.3 Å². The van der Waals surface area contributed by atoms with Gasteiger partial charge in [0.25, 0.3) is 0 Å². The summed E-state index contributed by atoms with van der Waals surface area (Å²) in [5.74, 6) is -0.803. The van der Waals surface area contributed by atoms with Gasteiger partial charge in [-0.2, -0.15) is 0 Å². The molecule has 0 fully saturated rings. The van der Waals surface area contributed by atoms with E-state index >= 15 is 0 Å². The van der Waals surface area contributed by atoms with Gasteiger partial charge in [-0.1, -0.05) is 0 Å².